The topological polar surface area (TPSA) is 19.7 Å². The van der Waals surface area contributed by atoms with Gasteiger partial charge in [-0.2, -0.15) is 0 Å². The van der Waals surface area contributed by atoms with Gasteiger partial charge in [0.2, 0.25) is 0 Å². The van der Waals surface area contributed by atoms with Gasteiger partial charge < -0.3 is 15.1 Å². The molecule has 4 heteroatoms. The molecule has 1 fully saturated rings. The molecule has 1 unspecified atom stereocenters. The Kier molecular flexibility index (Phi) is 5.59. The highest BCUT2D eigenvalue weighted by molar-refractivity contribution is 7.80. The van der Waals surface area contributed by atoms with E-state index in [1.54, 1.807) is 4.90 Å². The molecule has 1 saturated heterocycles. The van der Waals surface area contributed by atoms with Crippen LogP contribution in [0.1, 0.15) is 32.3 Å². The van der Waals surface area contributed by atoms with Crippen LogP contribution >= 0.6 is 12.2 Å². The molecule has 1 atom stereocenters. The summed E-state index contributed by atoms with van der Waals surface area (Å²) >= 11 is 5.55. The third kappa shape index (κ3) is 4.42. The quantitative estimate of drug-likeness (QED) is 0.834. The molecule has 1 aromatic carbocycles. The van der Waals surface area contributed by atoms with Crippen molar-refractivity contribution in [1.29, 1.82) is 0 Å². The molecule has 2 rings (SSSR count). The van der Waals surface area contributed by atoms with Gasteiger partial charge in [0, 0.05) is 31.6 Å². The molecule has 1 aliphatic heterocycles. The second-order valence-electron chi connectivity index (χ2n) is 6.46. The van der Waals surface area contributed by atoms with Gasteiger partial charge in [-0.3, -0.25) is 0 Å². The first kappa shape index (κ1) is 16.2. The lowest BCUT2D eigenvalue weighted by Crippen LogP contribution is -3.16. The fraction of sp³-hybridized carbons (Fsp3) is 0.588. The predicted octanol–water partition coefficient (Wildman–Crippen LogP) is 2.08. The first-order valence-corrected chi connectivity index (χ1v) is 8.34. The molecule has 1 aliphatic rings. The van der Waals surface area contributed by atoms with Gasteiger partial charge in [-0.1, -0.05) is 17.7 Å². The molecule has 0 bridgehead atoms. The van der Waals surface area contributed by atoms with E-state index in [1.165, 1.54) is 18.4 Å². The number of hydrogen-bond donors (Lipinski definition) is 2. The number of aryl methyl sites for hydroxylation is 1. The molecule has 1 heterocycles. The minimum atomic E-state index is 0.694. The van der Waals surface area contributed by atoms with Crippen LogP contribution in [0.4, 0.5) is 5.69 Å². The number of likely N-dealkylation sites (tertiary alicyclic amines) is 1. The molecular weight excluding hydrogens is 278 g/mol. The molecule has 0 radical (unpaired) electrons. The predicted molar refractivity (Wildman–Crippen MR) is 94.0 cm³/mol. The summed E-state index contributed by atoms with van der Waals surface area (Å²) in [5.74, 6) is 0. The van der Waals surface area contributed by atoms with Crippen molar-refractivity contribution in [3.8, 4) is 0 Å². The number of anilines is 1. The van der Waals surface area contributed by atoms with Crippen molar-refractivity contribution in [3.05, 3.63) is 29.8 Å². The fourth-order valence-corrected chi connectivity index (χ4v) is 3.15. The van der Waals surface area contributed by atoms with E-state index in [-0.39, 0.29) is 0 Å². The molecule has 0 spiro atoms. The Hall–Kier alpha value is -1.13. The van der Waals surface area contributed by atoms with Crippen LogP contribution in [0.3, 0.4) is 0 Å². The molecular formula is C17H28N3S+. The monoisotopic (exact) mass is 306 g/mol. The minimum Gasteiger partial charge on any atom is -0.349 e. The van der Waals surface area contributed by atoms with Crippen LogP contribution in [0.15, 0.2) is 24.3 Å². The molecule has 1 aromatic rings. The van der Waals surface area contributed by atoms with Gasteiger partial charge in [0.05, 0.1) is 19.1 Å². The largest absolute Gasteiger partial charge is 0.349 e. The van der Waals surface area contributed by atoms with Crippen LogP contribution in [-0.4, -0.2) is 42.2 Å². The van der Waals surface area contributed by atoms with Crippen molar-refractivity contribution < 1.29 is 4.90 Å². The summed E-state index contributed by atoms with van der Waals surface area (Å²) in [6.07, 6.45) is 2.44. The van der Waals surface area contributed by atoms with Crippen molar-refractivity contribution >= 4 is 23.0 Å². The van der Waals surface area contributed by atoms with E-state index in [9.17, 15) is 0 Å². The number of nitrogens with one attached hydrogen (secondary N) is 2. The Morgan fingerprint density at radius 1 is 1.24 bits per heavy atom. The molecule has 3 nitrogen and oxygen atoms in total. The number of nitrogens with zero attached hydrogens (tertiary/aromatic N) is 1. The zero-order valence-electron chi connectivity index (χ0n) is 13.6. The molecule has 116 valence electrons. The Morgan fingerprint density at radius 3 is 2.33 bits per heavy atom. The van der Waals surface area contributed by atoms with Gasteiger partial charge in [-0.15, -0.1) is 0 Å². The van der Waals surface area contributed by atoms with Crippen LogP contribution in [0.2, 0.25) is 0 Å². The van der Waals surface area contributed by atoms with E-state index >= 15 is 0 Å². The lowest BCUT2D eigenvalue weighted by molar-refractivity contribution is -0.928. The van der Waals surface area contributed by atoms with Crippen LogP contribution < -0.4 is 10.2 Å². The summed E-state index contributed by atoms with van der Waals surface area (Å²) in [4.78, 5) is 3.95. The van der Waals surface area contributed by atoms with Gasteiger partial charge in [-0.25, -0.2) is 0 Å². The van der Waals surface area contributed by atoms with Crippen LogP contribution in [0, 0.1) is 6.92 Å². The highest BCUT2D eigenvalue weighted by atomic mass is 32.1. The summed E-state index contributed by atoms with van der Waals surface area (Å²) in [6.45, 7) is 8.82. The van der Waals surface area contributed by atoms with Gasteiger partial charge >= 0.3 is 0 Å². The highest BCUT2D eigenvalue weighted by Gasteiger charge is 2.27. The smallest absolute Gasteiger partial charge is 0.173 e. The number of thiocarbonyl (C=S) groups is 1. The number of hydrogen-bond acceptors (Lipinski definition) is 1. The Balaban J connectivity index is 1.84. The first-order chi connectivity index (χ1) is 9.97. The van der Waals surface area contributed by atoms with E-state index in [0.717, 1.165) is 29.9 Å². The van der Waals surface area contributed by atoms with Crippen molar-refractivity contribution in [2.75, 3.05) is 25.5 Å². The average Bonchev–Trinajstić information content (AvgIpc) is 2.49. The lowest BCUT2D eigenvalue weighted by Gasteiger charge is -2.37. The lowest BCUT2D eigenvalue weighted by atomic mass is 10.0. The van der Waals surface area contributed by atoms with Crippen molar-refractivity contribution in [2.24, 2.45) is 0 Å². The van der Waals surface area contributed by atoms with E-state index in [2.05, 4.69) is 62.3 Å². The number of quaternary nitrogens is 1. The van der Waals surface area contributed by atoms with Gasteiger partial charge in [0.25, 0.3) is 0 Å². The summed E-state index contributed by atoms with van der Waals surface area (Å²) < 4.78 is 0. The van der Waals surface area contributed by atoms with Crippen LogP contribution in [0.5, 0.6) is 0 Å². The normalized spacial score (nSPS) is 17.9. The maximum absolute atomic E-state index is 5.55. The third-order valence-corrected chi connectivity index (χ3v) is 5.00. The van der Waals surface area contributed by atoms with E-state index in [4.69, 9.17) is 12.2 Å². The van der Waals surface area contributed by atoms with Crippen LogP contribution in [-0.2, 0) is 0 Å². The molecule has 0 amide bonds. The Labute approximate surface area is 134 Å². The maximum atomic E-state index is 5.55. The number of rotatable bonds is 3. The van der Waals surface area contributed by atoms with Gasteiger partial charge in [0.15, 0.2) is 5.11 Å². The maximum Gasteiger partial charge on any atom is 0.173 e. The van der Waals surface area contributed by atoms with E-state index < -0.39 is 0 Å². The molecule has 0 aliphatic carbocycles. The standard InChI is InChI=1S/C17H27N3S/c1-13(2)19(4)16-9-11-20(12-10-16)17(21)18-15-7-5-14(3)6-8-15/h5-8,13,16H,9-12H2,1-4H3,(H,18,21)/p+1. The summed E-state index contributed by atoms with van der Waals surface area (Å²) in [7, 11) is 2.31. The average molecular weight is 306 g/mol. The van der Waals surface area contributed by atoms with E-state index in [0.29, 0.717) is 6.04 Å². The van der Waals surface area contributed by atoms with E-state index in [1.807, 2.05) is 0 Å². The summed E-state index contributed by atoms with van der Waals surface area (Å²) in [5, 5.41) is 4.22. The van der Waals surface area contributed by atoms with Crippen molar-refractivity contribution in [1.82, 2.24) is 4.90 Å². The van der Waals surface area contributed by atoms with Gasteiger partial charge in [0.1, 0.15) is 0 Å². The summed E-state index contributed by atoms with van der Waals surface area (Å²) in [6, 6.07) is 9.86. The zero-order chi connectivity index (χ0) is 15.4. The summed E-state index contributed by atoms with van der Waals surface area (Å²) in [5.41, 5.74) is 2.35. The van der Waals surface area contributed by atoms with Crippen molar-refractivity contribution in [3.63, 3.8) is 0 Å². The molecule has 0 saturated carbocycles. The van der Waals surface area contributed by atoms with Crippen LogP contribution in [0.25, 0.3) is 0 Å². The Morgan fingerprint density at radius 2 is 1.81 bits per heavy atom. The Bertz CT molecular complexity index is 461. The number of benzene rings is 1. The SMILES string of the molecule is Cc1ccc(NC(=S)N2CCC([NH+](C)C(C)C)CC2)cc1. The highest BCUT2D eigenvalue weighted by Crippen LogP contribution is 2.13. The van der Waals surface area contributed by atoms with Gasteiger partial charge in [-0.05, 0) is 45.1 Å². The second kappa shape index (κ2) is 7.23. The molecule has 2 N–H and O–H groups in total. The molecule has 0 aromatic heterocycles. The fourth-order valence-electron chi connectivity index (χ4n) is 2.85. The third-order valence-electron chi connectivity index (χ3n) is 4.64. The first-order valence-electron chi connectivity index (χ1n) is 7.93. The number of piperidine rings is 1. The zero-order valence-corrected chi connectivity index (χ0v) is 14.5. The van der Waals surface area contributed by atoms with Crippen molar-refractivity contribution in [2.45, 2.75) is 45.7 Å². The molecule has 21 heavy (non-hydrogen) atoms. The second-order valence-corrected chi connectivity index (χ2v) is 6.84. The minimum absolute atomic E-state index is 0.694.